The number of rotatable bonds is 4. The minimum Gasteiger partial charge on any atom is -0.395 e. The minimum absolute atomic E-state index is 0.253. The van der Waals surface area contributed by atoms with Crippen LogP contribution in [0.15, 0.2) is 12.3 Å². The molecule has 2 fully saturated rings. The number of hydrogen-bond donors (Lipinski definition) is 1. The number of aryl methyl sites for hydroxylation is 1. The summed E-state index contributed by atoms with van der Waals surface area (Å²) >= 11 is 0. The quantitative estimate of drug-likeness (QED) is 0.862. The van der Waals surface area contributed by atoms with Crippen LogP contribution in [0.1, 0.15) is 25.5 Å². The van der Waals surface area contributed by atoms with Gasteiger partial charge in [0.15, 0.2) is 0 Å². The number of fused-ring (bicyclic) bond motifs is 1. The Balaban J connectivity index is 1.71. The normalized spacial score (nSPS) is 28.7. The SMILES string of the molecule is CCn1nccc1CN1C[C@@H]2CCCN2C[C@@H]1CO. The van der Waals surface area contributed by atoms with Gasteiger partial charge in [0.05, 0.1) is 12.3 Å². The molecule has 0 radical (unpaired) electrons. The molecule has 0 spiro atoms. The highest BCUT2D eigenvalue weighted by molar-refractivity contribution is 5.03. The van der Waals surface area contributed by atoms with Crippen molar-refractivity contribution in [2.75, 3.05) is 26.2 Å². The average molecular weight is 264 g/mol. The number of hydrogen-bond acceptors (Lipinski definition) is 4. The van der Waals surface area contributed by atoms with Gasteiger partial charge in [-0.1, -0.05) is 0 Å². The molecule has 2 atom stereocenters. The van der Waals surface area contributed by atoms with Gasteiger partial charge in [0.25, 0.3) is 0 Å². The molecule has 0 aromatic carbocycles. The average Bonchev–Trinajstić information content (AvgIpc) is 3.05. The van der Waals surface area contributed by atoms with Crippen LogP contribution in [0.3, 0.4) is 0 Å². The van der Waals surface area contributed by atoms with Gasteiger partial charge in [-0.25, -0.2) is 0 Å². The van der Waals surface area contributed by atoms with Crippen LogP contribution >= 0.6 is 0 Å². The predicted molar refractivity (Wildman–Crippen MR) is 73.8 cm³/mol. The summed E-state index contributed by atoms with van der Waals surface area (Å²) in [5.41, 5.74) is 1.26. The van der Waals surface area contributed by atoms with Crippen molar-refractivity contribution < 1.29 is 5.11 Å². The van der Waals surface area contributed by atoms with Crippen LogP contribution in [-0.4, -0.2) is 63.0 Å². The number of nitrogens with zero attached hydrogens (tertiary/aromatic N) is 4. The number of aliphatic hydroxyl groups excluding tert-OH is 1. The fourth-order valence-corrected chi connectivity index (χ4v) is 3.50. The zero-order valence-electron chi connectivity index (χ0n) is 11.7. The molecule has 0 aliphatic carbocycles. The van der Waals surface area contributed by atoms with Crippen molar-refractivity contribution in [1.29, 1.82) is 0 Å². The molecule has 0 unspecified atom stereocenters. The van der Waals surface area contributed by atoms with E-state index in [0.29, 0.717) is 6.04 Å². The summed E-state index contributed by atoms with van der Waals surface area (Å²) < 4.78 is 2.05. The van der Waals surface area contributed by atoms with E-state index in [4.69, 9.17) is 0 Å². The van der Waals surface area contributed by atoms with Crippen LogP contribution in [0.5, 0.6) is 0 Å². The molecule has 106 valence electrons. The van der Waals surface area contributed by atoms with E-state index in [1.165, 1.54) is 25.1 Å². The molecule has 19 heavy (non-hydrogen) atoms. The van der Waals surface area contributed by atoms with E-state index < -0.39 is 0 Å². The summed E-state index contributed by atoms with van der Waals surface area (Å²) in [7, 11) is 0. The van der Waals surface area contributed by atoms with Crippen molar-refractivity contribution in [3.8, 4) is 0 Å². The van der Waals surface area contributed by atoms with E-state index >= 15 is 0 Å². The summed E-state index contributed by atoms with van der Waals surface area (Å²) in [4.78, 5) is 4.99. The molecule has 2 aliphatic heterocycles. The Labute approximate surface area is 114 Å². The monoisotopic (exact) mass is 264 g/mol. The molecule has 5 heteroatoms. The minimum atomic E-state index is 0.253. The highest BCUT2D eigenvalue weighted by Crippen LogP contribution is 2.25. The molecule has 1 aromatic heterocycles. The van der Waals surface area contributed by atoms with Gasteiger partial charge in [-0.2, -0.15) is 5.10 Å². The Morgan fingerprint density at radius 1 is 1.42 bits per heavy atom. The van der Waals surface area contributed by atoms with Crippen molar-refractivity contribution in [2.45, 2.75) is 44.9 Å². The highest BCUT2D eigenvalue weighted by Gasteiger charge is 2.36. The first-order valence-electron chi connectivity index (χ1n) is 7.41. The second-order valence-corrected chi connectivity index (χ2v) is 5.70. The Bertz CT molecular complexity index is 419. The molecule has 0 bridgehead atoms. The van der Waals surface area contributed by atoms with Crippen LogP contribution in [-0.2, 0) is 13.1 Å². The first kappa shape index (κ1) is 13.1. The second-order valence-electron chi connectivity index (χ2n) is 5.70. The standard InChI is InChI=1S/C14H24N4O/c1-2-18-13(5-6-15-18)9-17-8-12-4-3-7-16(12)10-14(17)11-19/h5-6,12,14,19H,2-4,7-11H2,1H3/t12-,14+/m0/s1. The smallest absolute Gasteiger partial charge is 0.0599 e. The van der Waals surface area contributed by atoms with Crippen molar-refractivity contribution in [2.24, 2.45) is 0 Å². The van der Waals surface area contributed by atoms with Gasteiger partial charge in [-0.05, 0) is 32.4 Å². The molecule has 1 aromatic rings. The van der Waals surface area contributed by atoms with E-state index in [1.54, 1.807) is 0 Å². The molecule has 3 heterocycles. The summed E-state index contributed by atoms with van der Waals surface area (Å²) in [5, 5.41) is 14.0. The van der Waals surface area contributed by atoms with E-state index in [2.05, 4.69) is 32.6 Å². The lowest BCUT2D eigenvalue weighted by Crippen LogP contribution is -2.56. The number of piperazine rings is 1. The first-order valence-corrected chi connectivity index (χ1v) is 7.41. The fraction of sp³-hybridized carbons (Fsp3) is 0.786. The Hall–Kier alpha value is -0.910. The van der Waals surface area contributed by atoms with Crippen LogP contribution in [0.4, 0.5) is 0 Å². The van der Waals surface area contributed by atoms with E-state index in [0.717, 1.165) is 26.2 Å². The first-order chi connectivity index (χ1) is 9.31. The van der Waals surface area contributed by atoms with Gasteiger partial charge in [-0.3, -0.25) is 14.5 Å². The van der Waals surface area contributed by atoms with E-state index in [9.17, 15) is 5.11 Å². The molecular weight excluding hydrogens is 240 g/mol. The largest absolute Gasteiger partial charge is 0.395 e. The Morgan fingerprint density at radius 3 is 3.11 bits per heavy atom. The third-order valence-electron chi connectivity index (χ3n) is 4.59. The van der Waals surface area contributed by atoms with Gasteiger partial charge in [0.1, 0.15) is 0 Å². The van der Waals surface area contributed by atoms with Crippen LogP contribution in [0.2, 0.25) is 0 Å². The van der Waals surface area contributed by atoms with Gasteiger partial charge in [0, 0.05) is 44.5 Å². The Morgan fingerprint density at radius 2 is 2.32 bits per heavy atom. The molecule has 0 amide bonds. The molecule has 0 saturated carbocycles. The second kappa shape index (κ2) is 5.61. The maximum absolute atomic E-state index is 9.65. The lowest BCUT2D eigenvalue weighted by atomic mass is 10.1. The molecule has 1 N–H and O–H groups in total. The molecule has 3 rings (SSSR count). The third kappa shape index (κ3) is 2.55. The summed E-state index contributed by atoms with van der Waals surface area (Å²) in [5.74, 6) is 0. The van der Waals surface area contributed by atoms with Gasteiger partial charge >= 0.3 is 0 Å². The summed E-state index contributed by atoms with van der Waals surface area (Å²) in [6.07, 6.45) is 4.49. The lowest BCUT2D eigenvalue weighted by molar-refractivity contribution is 0.0155. The van der Waals surface area contributed by atoms with Gasteiger partial charge in [0.2, 0.25) is 0 Å². The van der Waals surface area contributed by atoms with E-state index in [-0.39, 0.29) is 12.6 Å². The van der Waals surface area contributed by atoms with Gasteiger partial charge in [-0.15, -0.1) is 0 Å². The maximum Gasteiger partial charge on any atom is 0.0599 e. The Kier molecular flexibility index (Phi) is 3.86. The molecule has 2 saturated heterocycles. The molecule has 2 aliphatic rings. The topological polar surface area (TPSA) is 44.5 Å². The van der Waals surface area contributed by atoms with Crippen LogP contribution < -0.4 is 0 Å². The van der Waals surface area contributed by atoms with Crippen molar-refractivity contribution in [3.05, 3.63) is 18.0 Å². The lowest BCUT2D eigenvalue weighted by Gasteiger charge is -2.43. The fourth-order valence-electron chi connectivity index (χ4n) is 3.50. The predicted octanol–water partition coefficient (Wildman–Crippen LogP) is 0.544. The zero-order valence-corrected chi connectivity index (χ0v) is 11.7. The number of aromatic nitrogens is 2. The number of aliphatic hydroxyl groups is 1. The van der Waals surface area contributed by atoms with Crippen LogP contribution in [0, 0.1) is 0 Å². The zero-order chi connectivity index (χ0) is 13.2. The third-order valence-corrected chi connectivity index (χ3v) is 4.59. The van der Waals surface area contributed by atoms with Crippen molar-refractivity contribution in [3.63, 3.8) is 0 Å². The molecule has 5 nitrogen and oxygen atoms in total. The van der Waals surface area contributed by atoms with Gasteiger partial charge < -0.3 is 5.11 Å². The van der Waals surface area contributed by atoms with Crippen molar-refractivity contribution in [1.82, 2.24) is 19.6 Å². The van der Waals surface area contributed by atoms with Crippen LogP contribution in [0.25, 0.3) is 0 Å². The molecular formula is C14H24N4O. The van der Waals surface area contributed by atoms with E-state index in [1.807, 2.05) is 6.20 Å². The highest BCUT2D eigenvalue weighted by atomic mass is 16.3. The maximum atomic E-state index is 9.65. The summed E-state index contributed by atoms with van der Waals surface area (Å²) in [6, 6.07) is 3.06. The van der Waals surface area contributed by atoms with Crippen molar-refractivity contribution >= 4 is 0 Å². The summed E-state index contributed by atoms with van der Waals surface area (Å²) in [6.45, 7) is 7.50.